The van der Waals surface area contributed by atoms with Crippen LogP contribution in [0.2, 0.25) is 0 Å². The molecule has 33 heavy (non-hydrogen) atoms. The number of fused-ring (bicyclic) bond motifs is 1. The van der Waals surface area contributed by atoms with Gasteiger partial charge in [0.2, 0.25) is 6.29 Å². The van der Waals surface area contributed by atoms with E-state index < -0.39 is 30.7 Å². The molecule has 0 amide bonds. The largest absolute Gasteiger partial charge is 0.462 e. The molecular formula is C25H35NO7. The highest BCUT2D eigenvalue weighted by molar-refractivity contribution is 5.87. The number of carbonyl (C=O) groups excluding carboxylic acids is 1. The lowest BCUT2D eigenvalue weighted by Gasteiger charge is -2.44. The van der Waals surface area contributed by atoms with Crippen LogP contribution in [0.1, 0.15) is 44.6 Å². The van der Waals surface area contributed by atoms with E-state index >= 15 is 0 Å². The van der Waals surface area contributed by atoms with E-state index in [0.717, 1.165) is 12.0 Å². The molecule has 3 N–H and O–H groups in total. The summed E-state index contributed by atoms with van der Waals surface area (Å²) in [7, 11) is 0. The van der Waals surface area contributed by atoms with Gasteiger partial charge in [0.15, 0.2) is 0 Å². The van der Waals surface area contributed by atoms with Crippen LogP contribution in [0.15, 0.2) is 30.3 Å². The number of carbonyl (C=O) groups is 1. The van der Waals surface area contributed by atoms with Crippen molar-refractivity contribution >= 4 is 12.0 Å². The van der Waals surface area contributed by atoms with Gasteiger partial charge in [-0.1, -0.05) is 18.6 Å². The quantitative estimate of drug-likeness (QED) is 0.434. The standard InChI is InChI=1S/C25H35NO7/c1-16-22(28)23(29)24(30)25(32-16)33-19-10-7-17(8-11-19)9-12-21(27)31-15-18-5-4-14-26-13-3-2-6-20(18)26/h7-12,16,18,20,22-25,28-30H,2-6,13-15H2,1H3/b12-9+/t16-,18-,20-,22+,23+,24+,25+/m1/s1. The van der Waals surface area contributed by atoms with Gasteiger partial charge in [-0.2, -0.15) is 0 Å². The molecule has 0 aliphatic carbocycles. The van der Waals surface area contributed by atoms with Gasteiger partial charge in [-0.3, -0.25) is 4.90 Å². The summed E-state index contributed by atoms with van der Waals surface area (Å²) in [6.45, 7) is 4.41. The molecule has 8 nitrogen and oxygen atoms in total. The van der Waals surface area contributed by atoms with E-state index in [0.29, 0.717) is 24.3 Å². The van der Waals surface area contributed by atoms with E-state index in [1.165, 1.54) is 44.8 Å². The summed E-state index contributed by atoms with van der Waals surface area (Å²) in [5.41, 5.74) is 0.796. The SMILES string of the molecule is C[C@H]1O[C@@H](Oc2ccc(/C=C/C(=O)OC[C@H]3CCCN4CCCC[C@H]34)cc2)[C@@H](O)[C@@H](O)[C@H]1O. The molecule has 0 radical (unpaired) electrons. The molecular weight excluding hydrogens is 426 g/mol. The Kier molecular flexibility index (Phi) is 8.03. The average Bonchev–Trinajstić information content (AvgIpc) is 2.84. The third kappa shape index (κ3) is 5.94. The molecule has 8 heteroatoms. The van der Waals surface area contributed by atoms with E-state index in [4.69, 9.17) is 14.2 Å². The van der Waals surface area contributed by atoms with Crippen molar-refractivity contribution in [1.82, 2.24) is 4.90 Å². The number of ether oxygens (including phenoxy) is 3. The minimum atomic E-state index is -1.37. The van der Waals surface area contributed by atoms with E-state index in [2.05, 4.69) is 4.90 Å². The molecule has 3 aliphatic heterocycles. The molecule has 0 bridgehead atoms. The molecule has 3 fully saturated rings. The van der Waals surface area contributed by atoms with Crippen molar-refractivity contribution in [1.29, 1.82) is 0 Å². The topological polar surface area (TPSA) is 109 Å². The second-order valence-corrected chi connectivity index (χ2v) is 9.33. The first-order valence-corrected chi connectivity index (χ1v) is 12.0. The predicted molar refractivity (Wildman–Crippen MR) is 121 cm³/mol. The summed E-state index contributed by atoms with van der Waals surface area (Å²) in [4.78, 5) is 14.8. The van der Waals surface area contributed by atoms with Crippen LogP contribution in [0, 0.1) is 5.92 Å². The number of benzene rings is 1. The fourth-order valence-corrected chi connectivity index (χ4v) is 5.08. The minimum absolute atomic E-state index is 0.344. The molecule has 0 spiro atoms. The van der Waals surface area contributed by atoms with Gasteiger partial charge in [-0.05, 0) is 69.5 Å². The molecule has 3 aliphatic rings. The van der Waals surface area contributed by atoms with Crippen molar-refractivity contribution in [3.05, 3.63) is 35.9 Å². The van der Waals surface area contributed by atoms with Gasteiger partial charge >= 0.3 is 5.97 Å². The van der Waals surface area contributed by atoms with E-state index in [-0.39, 0.29) is 5.97 Å². The molecule has 1 aromatic carbocycles. The molecule has 0 unspecified atom stereocenters. The van der Waals surface area contributed by atoms with Gasteiger partial charge in [-0.15, -0.1) is 0 Å². The van der Waals surface area contributed by atoms with Crippen molar-refractivity contribution < 1.29 is 34.3 Å². The highest BCUT2D eigenvalue weighted by Gasteiger charge is 2.43. The number of hydrogen-bond acceptors (Lipinski definition) is 8. The van der Waals surface area contributed by atoms with Gasteiger partial charge in [0.25, 0.3) is 0 Å². The van der Waals surface area contributed by atoms with Crippen LogP contribution >= 0.6 is 0 Å². The molecule has 3 saturated heterocycles. The molecule has 0 aromatic heterocycles. The van der Waals surface area contributed by atoms with E-state index in [9.17, 15) is 20.1 Å². The number of esters is 1. The van der Waals surface area contributed by atoms with Crippen LogP contribution in [0.5, 0.6) is 5.75 Å². The fraction of sp³-hybridized carbons (Fsp3) is 0.640. The fourth-order valence-electron chi connectivity index (χ4n) is 5.08. The van der Waals surface area contributed by atoms with Crippen LogP contribution in [-0.2, 0) is 14.3 Å². The Morgan fingerprint density at radius 2 is 1.82 bits per heavy atom. The highest BCUT2D eigenvalue weighted by atomic mass is 16.7. The highest BCUT2D eigenvalue weighted by Crippen LogP contribution is 2.31. The second-order valence-electron chi connectivity index (χ2n) is 9.33. The molecule has 3 heterocycles. The first-order valence-electron chi connectivity index (χ1n) is 12.0. The molecule has 182 valence electrons. The van der Waals surface area contributed by atoms with Crippen LogP contribution in [0.25, 0.3) is 6.08 Å². The third-order valence-electron chi connectivity index (χ3n) is 7.02. The predicted octanol–water partition coefficient (Wildman–Crippen LogP) is 1.71. The van der Waals surface area contributed by atoms with Gasteiger partial charge < -0.3 is 29.5 Å². The number of aliphatic hydroxyl groups excluding tert-OH is 3. The summed E-state index contributed by atoms with van der Waals surface area (Å²) in [5, 5.41) is 29.7. The smallest absolute Gasteiger partial charge is 0.330 e. The molecule has 7 atom stereocenters. The van der Waals surface area contributed by atoms with E-state index in [1.54, 1.807) is 37.3 Å². The second kappa shape index (κ2) is 11.0. The van der Waals surface area contributed by atoms with Gasteiger partial charge in [0.1, 0.15) is 24.1 Å². The van der Waals surface area contributed by atoms with Gasteiger partial charge in [-0.25, -0.2) is 4.79 Å². The maximum absolute atomic E-state index is 12.2. The number of piperidine rings is 2. The number of rotatable bonds is 6. The average molecular weight is 462 g/mol. The summed E-state index contributed by atoms with van der Waals surface area (Å²) in [6, 6.07) is 7.45. The Morgan fingerprint density at radius 3 is 2.61 bits per heavy atom. The zero-order chi connectivity index (χ0) is 23.4. The Morgan fingerprint density at radius 1 is 1.06 bits per heavy atom. The van der Waals surface area contributed by atoms with Crippen LogP contribution < -0.4 is 4.74 Å². The first kappa shape index (κ1) is 24.2. The number of aliphatic hydroxyl groups is 3. The van der Waals surface area contributed by atoms with Crippen LogP contribution in [-0.4, -0.2) is 82.6 Å². The van der Waals surface area contributed by atoms with Crippen molar-refractivity contribution in [2.24, 2.45) is 5.92 Å². The molecule has 1 aromatic rings. The van der Waals surface area contributed by atoms with Crippen LogP contribution in [0.4, 0.5) is 0 Å². The summed E-state index contributed by atoms with van der Waals surface area (Å²) in [6.07, 6.45) is 3.51. The summed E-state index contributed by atoms with van der Waals surface area (Å²) >= 11 is 0. The zero-order valence-electron chi connectivity index (χ0n) is 19.1. The maximum atomic E-state index is 12.2. The monoisotopic (exact) mass is 461 g/mol. The normalized spacial score (nSPS) is 35.2. The zero-order valence-corrected chi connectivity index (χ0v) is 19.1. The van der Waals surface area contributed by atoms with E-state index in [1.807, 2.05) is 0 Å². The van der Waals surface area contributed by atoms with Gasteiger partial charge in [0.05, 0.1) is 12.7 Å². The Labute approximate surface area is 194 Å². The van der Waals surface area contributed by atoms with Crippen molar-refractivity contribution in [3.63, 3.8) is 0 Å². The lowest BCUT2D eigenvalue weighted by molar-refractivity contribution is -0.268. The van der Waals surface area contributed by atoms with Gasteiger partial charge in [0, 0.05) is 18.0 Å². The van der Waals surface area contributed by atoms with Crippen molar-refractivity contribution in [3.8, 4) is 5.75 Å². The van der Waals surface area contributed by atoms with Crippen LogP contribution in [0.3, 0.4) is 0 Å². The Bertz CT molecular complexity index is 811. The third-order valence-corrected chi connectivity index (χ3v) is 7.02. The van der Waals surface area contributed by atoms with Crippen molar-refractivity contribution in [2.75, 3.05) is 19.7 Å². The molecule has 4 rings (SSSR count). The lowest BCUT2D eigenvalue weighted by atomic mass is 9.84. The minimum Gasteiger partial charge on any atom is -0.462 e. The Hall–Kier alpha value is -1.97. The van der Waals surface area contributed by atoms with Crippen molar-refractivity contribution in [2.45, 2.75) is 75.8 Å². The Balaban J connectivity index is 1.25. The summed E-state index contributed by atoms with van der Waals surface area (Å²) in [5.74, 6) is 0.514. The summed E-state index contributed by atoms with van der Waals surface area (Å²) < 4.78 is 16.6. The number of hydrogen-bond donors (Lipinski definition) is 3. The molecule has 0 saturated carbocycles. The first-order chi connectivity index (χ1) is 15.9. The maximum Gasteiger partial charge on any atom is 0.330 e. The number of nitrogens with zero attached hydrogens (tertiary/aromatic N) is 1. The lowest BCUT2D eigenvalue weighted by Crippen LogP contribution is -2.58.